The van der Waals surface area contributed by atoms with Crippen LogP contribution in [0.2, 0.25) is 5.02 Å². The number of piperidine rings is 1. The molecule has 164 valence electrons. The summed E-state index contributed by atoms with van der Waals surface area (Å²) in [5.74, 6) is -0.588. The van der Waals surface area contributed by atoms with Crippen molar-refractivity contribution < 1.29 is 19.1 Å². The number of aliphatic hydroxyl groups is 1. The molecule has 1 N–H and O–H groups in total. The zero-order valence-electron chi connectivity index (χ0n) is 17.1. The van der Waals surface area contributed by atoms with Crippen LogP contribution in [0, 0.1) is 5.82 Å². The Labute approximate surface area is 181 Å². The molecule has 30 heavy (non-hydrogen) atoms. The summed E-state index contributed by atoms with van der Waals surface area (Å²) in [7, 11) is 0. The molecule has 2 aliphatic rings. The number of likely N-dealkylation sites (tertiary alicyclic amines) is 1. The van der Waals surface area contributed by atoms with Gasteiger partial charge in [0, 0.05) is 51.8 Å². The predicted molar refractivity (Wildman–Crippen MR) is 115 cm³/mol. The molecule has 1 aromatic rings. The zero-order valence-corrected chi connectivity index (χ0v) is 17.9. The minimum Gasteiger partial charge on any atom is -0.393 e. The third-order valence-corrected chi connectivity index (χ3v) is 6.01. The van der Waals surface area contributed by atoms with Gasteiger partial charge < -0.3 is 19.8 Å². The first kappa shape index (κ1) is 22.7. The third-order valence-electron chi connectivity index (χ3n) is 5.72. The highest BCUT2D eigenvalue weighted by Crippen LogP contribution is 2.17. The lowest BCUT2D eigenvalue weighted by atomic mass is 10.1. The van der Waals surface area contributed by atoms with Crippen molar-refractivity contribution in [2.75, 3.05) is 45.8 Å². The van der Waals surface area contributed by atoms with E-state index in [1.165, 1.54) is 18.2 Å². The fourth-order valence-electron chi connectivity index (χ4n) is 3.84. The number of hydrogen-bond acceptors (Lipinski definition) is 4. The van der Waals surface area contributed by atoms with Crippen molar-refractivity contribution in [3.05, 3.63) is 40.7 Å². The van der Waals surface area contributed by atoms with Gasteiger partial charge in [-0.25, -0.2) is 4.39 Å². The SMILES string of the molecule is O=C(/C=C/c1ccc(F)c(Cl)c1)N1CCC(=O)N(CCCN2CCC(O)CC2)CC1. The second-order valence-corrected chi connectivity index (χ2v) is 8.30. The molecule has 0 spiro atoms. The Kier molecular flexibility index (Phi) is 8.24. The van der Waals surface area contributed by atoms with Gasteiger partial charge in [0.25, 0.3) is 0 Å². The van der Waals surface area contributed by atoms with Crippen LogP contribution in [0.1, 0.15) is 31.2 Å². The molecule has 0 radical (unpaired) electrons. The number of benzene rings is 1. The Balaban J connectivity index is 1.45. The van der Waals surface area contributed by atoms with E-state index in [9.17, 15) is 19.1 Å². The summed E-state index contributed by atoms with van der Waals surface area (Å²) >= 11 is 5.77. The van der Waals surface area contributed by atoms with E-state index in [-0.39, 0.29) is 22.9 Å². The summed E-state index contributed by atoms with van der Waals surface area (Å²) in [5.41, 5.74) is 0.646. The molecule has 2 aliphatic heterocycles. The number of halogens is 2. The van der Waals surface area contributed by atoms with Gasteiger partial charge in [-0.05, 0) is 49.6 Å². The van der Waals surface area contributed by atoms with Crippen LogP contribution in [0.25, 0.3) is 6.08 Å². The van der Waals surface area contributed by atoms with Gasteiger partial charge in [-0.15, -0.1) is 0 Å². The van der Waals surface area contributed by atoms with Crippen molar-refractivity contribution >= 4 is 29.5 Å². The Morgan fingerprint density at radius 3 is 2.67 bits per heavy atom. The molecule has 0 bridgehead atoms. The van der Waals surface area contributed by atoms with Crippen LogP contribution in [0.15, 0.2) is 24.3 Å². The first-order chi connectivity index (χ1) is 14.4. The Bertz CT molecular complexity index is 781. The van der Waals surface area contributed by atoms with Gasteiger partial charge in [0.15, 0.2) is 0 Å². The standard InChI is InChI=1S/C22H29ClFN3O3/c23-19-16-17(2-4-20(19)24)3-5-21(29)27-13-8-22(30)26(14-15-27)10-1-9-25-11-6-18(28)7-12-25/h2-5,16,18,28H,1,6-15H2/b5-3+. The van der Waals surface area contributed by atoms with Gasteiger partial charge in [-0.1, -0.05) is 17.7 Å². The van der Waals surface area contributed by atoms with E-state index in [1.54, 1.807) is 17.0 Å². The number of hydrogen-bond donors (Lipinski definition) is 1. The monoisotopic (exact) mass is 437 g/mol. The number of carbonyl (C=O) groups is 2. The topological polar surface area (TPSA) is 64.1 Å². The molecule has 2 amide bonds. The molecule has 0 unspecified atom stereocenters. The summed E-state index contributed by atoms with van der Waals surface area (Å²) in [5, 5.41) is 9.60. The minimum atomic E-state index is -0.496. The summed E-state index contributed by atoms with van der Waals surface area (Å²) in [4.78, 5) is 30.8. The van der Waals surface area contributed by atoms with Crippen LogP contribution in [0.4, 0.5) is 4.39 Å². The zero-order chi connectivity index (χ0) is 21.5. The maximum Gasteiger partial charge on any atom is 0.246 e. The molecule has 1 aromatic carbocycles. The molecule has 2 fully saturated rings. The lowest BCUT2D eigenvalue weighted by molar-refractivity contribution is -0.130. The molecule has 0 aliphatic carbocycles. The fraction of sp³-hybridized carbons (Fsp3) is 0.545. The normalized spacial score (nSPS) is 19.5. The van der Waals surface area contributed by atoms with Crippen molar-refractivity contribution in [1.29, 1.82) is 0 Å². The van der Waals surface area contributed by atoms with Crippen molar-refractivity contribution in [2.24, 2.45) is 0 Å². The van der Waals surface area contributed by atoms with Gasteiger partial charge in [0.2, 0.25) is 11.8 Å². The molecule has 0 aromatic heterocycles. The first-order valence-corrected chi connectivity index (χ1v) is 10.9. The average molecular weight is 438 g/mol. The highest BCUT2D eigenvalue weighted by atomic mass is 35.5. The quantitative estimate of drug-likeness (QED) is 0.694. The third kappa shape index (κ3) is 6.52. The van der Waals surface area contributed by atoms with Crippen LogP contribution in [-0.4, -0.2) is 83.5 Å². The lowest BCUT2D eigenvalue weighted by Crippen LogP contribution is -2.39. The first-order valence-electron chi connectivity index (χ1n) is 10.5. The van der Waals surface area contributed by atoms with Crippen LogP contribution >= 0.6 is 11.6 Å². The van der Waals surface area contributed by atoms with Gasteiger partial charge >= 0.3 is 0 Å². The smallest absolute Gasteiger partial charge is 0.246 e. The van der Waals surface area contributed by atoms with Crippen molar-refractivity contribution in [3.63, 3.8) is 0 Å². The van der Waals surface area contributed by atoms with Crippen molar-refractivity contribution in [1.82, 2.24) is 14.7 Å². The summed E-state index contributed by atoms with van der Waals surface area (Å²) in [6.45, 7) is 4.83. The fourth-order valence-corrected chi connectivity index (χ4v) is 4.03. The van der Waals surface area contributed by atoms with E-state index in [0.717, 1.165) is 38.9 Å². The number of aliphatic hydroxyl groups excluding tert-OH is 1. The molecule has 3 rings (SSSR count). The summed E-state index contributed by atoms with van der Waals surface area (Å²) in [6.07, 6.45) is 5.71. The number of amides is 2. The Morgan fingerprint density at radius 1 is 1.17 bits per heavy atom. The van der Waals surface area contributed by atoms with E-state index in [4.69, 9.17) is 11.6 Å². The van der Waals surface area contributed by atoms with E-state index >= 15 is 0 Å². The Hall–Kier alpha value is -1.96. The number of nitrogens with zero attached hydrogens (tertiary/aromatic N) is 3. The molecule has 2 saturated heterocycles. The molecule has 2 heterocycles. The second kappa shape index (κ2) is 10.9. The van der Waals surface area contributed by atoms with E-state index < -0.39 is 5.82 Å². The second-order valence-electron chi connectivity index (χ2n) is 7.89. The van der Waals surface area contributed by atoms with Crippen LogP contribution in [-0.2, 0) is 9.59 Å². The molecule has 0 atom stereocenters. The van der Waals surface area contributed by atoms with Gasteiger partial charge in [-0.3, -0.25) is 9.59 Å². The summed E-state index contributed by atoms with van der Waals surface area (Å²) < 4.78 is 13.2. The van der Waals surface area contributed by atoms with Gasteiger partial charge in [0.1, 0.15) is 5.82 Å². The predicted octanol–water partition coefficient (Wildman–Crippen LogP) is 2.40. The molecular weight excluding hydrogens is 409 g/mol. The molecule has 6 nitrogen and oxygen atoms in total. The van der Waals surface area contributed by atoms with Crippen LogP contribution in [0.3, 0.4) is 0 Å². The van der Waals surface area contributed by atoms with E-state index in [2.05, 4.69) is 4.90 Å². The minimum absolute atomic E-state index is 0.0151. The van der Waals surface area contributed by atoms with Crippen LogP contribution < -0.4 is 0 Å². The van der Waals surface area contributed by atoms with Gasteiger partial charge in [-0.2, -0.15) is 0 Å². The molecular formula is C22H29ClFN3O3. The average Bonchev–Trinajstić information content (AvgIpc) is 2.92. The van der Waals surface area contributed by atoms with Crippen LogP contribution in [0.5, 0.6) is 0 Å². The summed E-state index contributed by atoms with van der Waals surface area (Å²) in [6, 6.07) is 4.29. The Morgan fingerprint density at radius 2 is 1.93 bits per heavy atom. The number of carbonyl (C=O) groups excluding carboxylic acids is 2. The maximum atomic E-state index is 13.2. The number of rotatable bonds is 6. The lowest BCUT2D eigenvalue weighted by Gasteiger charge is -2.30. The van der Waals surface area contributed by atoms with Gasteiger partial charge in [0.05, 0.1) is 11.1 Å². The molecule has 8 heteroatoms. The van der Waals surface area contributed by atoms with E-state index in [0.29, 0.717) is 38.2 Å². The van der Waals surface area contributed by atoms with Crippen molar-refractivity contribution in [2.45, 2.75) is 31.8 Å². The largest absolute Gasteiger partial charge is 0.393 e. The maximum absolute atomic E-state index is 13.2. The van der Waals surface area contributed by atoms with Crippen molar-refractivity contribution in [3.8, 4) is 0 Å². The molecule has 0 saturated carbocycles. The highest BCUT2D eigenvalue weighted by Gasteiger charge is 2.23. The van der Waals surface area contributed by atoms with E-state index in [1.807, 2.05) is 4.90 Å². The highest BCUT2D eigenvalue weighted by molar-refractivity contribution is 6.30.